The van der Waals surface area contributed by atoms with Gasteiger partial charge in [-0.15, -0.1) is 0 Å². The fourth-order valence-corrected chi connectivity index (χ4v) is 4.76. The molecule has 0 atom stereocenters. The first-order valence-corrected chi connectivity index (χ1v) is 8.29. The zero-order valence-corrected chi connectivity index (χ0v) is 12.5. The van der Waals surface area contributed by atoms with Crippen molar-refractivity contribution >= 4 is 47.9 Å². The Morgan fingerprint density at radius 1 is 0.895 bits per heavy atom. The van der Waals surface area contributed by atoms with Crippen LogP contribution in [0.4, 0.5) is 0 Å². The normalized spacial score (nSPS) is 11.4. The summed E-state index contributed by atoms with van der Waals surface area (Å²) in [6.07, 6.45) is 0. The summed E-state index contributed by atoms with van der Waals surface area (Å²) in [6.45, 7) is 0. The molecule has 19 heavy (non-hydrogen) atoms. The van der Waals surface area contributed by atoms with Gasteiger partial charge in [0.2, 0.25) is 0 Å². The molecule has 92 valence electrons. The van der Waals surface area contributed by atoms with Crippen molar-refractivity contribution in [2.75, 3.05) is 0 Å². The average Bonchev–Trinajstić information content (AvgIpc) is 2.98. The van der Waals surface area contributed by atoms with Crippen LogP contribution in [0.2, 0.25) is 5.02 Å². The van der Waals surface area contributed by atoms with E-state index >= 15 is 0 Å². The van der Waals surface area contributed by atoms with Gasteiger partial charge in [0.15, 0.2) is 0 Å². The number of fused-ring (bicyclic) bond motifs is 3. The van der Waals surface area contributed by atoms with E-state index in [-0.39, 0.29) is 0 Å². The molecule has 0 aliphatic carbocycles. The first-order chi connectivity index (χ1) is 9.33. The predicted octanol–water partition coefficient (Wildman–Crippen LogP) is 4.70. The third kappa shape index (κ3) is 1.76. The van der Waals surface area contributed by atoms with Gasteiger partial charge in [0.1, 0.15) is 0 Å². The van der Waals surface area contributed by atoms with Crippen LogP contribution in [0.25, 0.3) is 31.8 Å². The van der Waals surface area contributed by atoms with Gasteiger partial charge in [-0.05, 0) is 0 Å². The van der Waals surface area contributed by atoms with E-state index in [9.17, 15) is 0 Å². The van der Waals surface area contributed by atoms with Crippen molar-refractivity contribution in [3.63, 3.8) is 0 Å². The first-order valence-electron chi connectivity index (χ1n) is 6.07. The van der Waals surface area contributed by atoms with Crippen LogP contribution in [-0.2, 0) is 0 Å². The van der Waals surface area contributed by atoms with Crippen LogP contribution in [0.15, 0.2) is 53.5 Å². The van der Waals surface area contributed by atoms with E-state index in [0.717, 1.165) is 5.02 Å². The molecule has 0 aliphatic rings. The van der Waals surface area contributed by atoms with Gasteiger partial charge in [-0.3, -0.25) is 0 Å². The third-order valence-electron chi connectivity index (χ3n) is 3.36. The van der Waals surface area contributed by atoms with Crippen LogP contribution in [0.5, 0.6) is 0 Å². The molecule has 1 nitrogen and oxygen atoms in total. The van der Waals surface area contributed by atoms with E-state index in [2.05, 4.69) is 46.3 Å². The average molecular weight is 331 g/mol. The van der Waals surface area contributed by atoms with E-state index < -0.39 is 0 Å². The molecule has 0 amide bonds. The van der Waals surface area contributed by atoms with Crippen LogP contribution < -0.4 is 0 Å². The maximum absolute atomic E-state index is 5.97. The van der Waals surface area contributed by atoms with Gasteiger partial charge < -0.3 is 0 Å². The van der Waals surface area contributed by atoms with Gasteiger partial charge in [0.25, 0.3) is 0 Å². The summed E-state index contributed by atoms with van der Waals surface area (Å²) in [5, 5.41) is 3.48. The summed E-state index contributed by atoms with van der Waals surface area (Å²) in [4.78, 5) is 5.83. The van der Waals surface area contributed by atoms with Crippen LogP contribution >= 0.6 is 11.6 Å². The van der Waals surface area contributed by atoms with Gasteiger partial charge in [-0.25, -0.2) is 0 Å². The Balaban J connectivity index is 2.06. The van der Waals surface area contributed by atoms with Gasteiger partial charge in [0, 0.05) is 0 Å². The first kappa shape index (κ1) is 11.4. The molecule has 1 N–H and O–H groups in total. The number of aromatic amines is 1. The molecule has 0 saturated heterocycles. The number of nitrogens with one attached hydrogen (secondary N) is 1. The molecular weight excluding hydrogens is 321 g/mol. The molecule has 0 saturated carbocycles. The Hall–Kier alpha value is -1.47. The second-order valence-electron chi connectivity index (χ2n) is 4.53. The molecule has 0 unspecified atom stereocenters. The van der Waals surface area contributed by atoms with Crippen LogP contribution in [-0.4, -0.2) is 19.5 Å². The molecule has 0 fully saturated rings. The SMILES string of the molecule is Clc1ccc(-c2[se]cc3[nH]c4ccccc4c23)cc1. The Morgan fingerprint density at radius 2 is 1.68 bits per heavy atom. The van der Waals surface area contributed by atoms with E-state index in [4.69, 9.17) is 11.6 Å². The van der Waals surface area contributed by atoms with E-state index in [1.165, 1.54) is 31.8 Å². The molecule has 3 heteroatoms. The molecule has 2 aromatic heterocycles. The molecule has 2 heterocycles. The van der Waals surface area contributed by atoms with Crippen molar-refractivity contribution in [3.8, 4) is 10.0 Å². The number of hydrogen-bond acceptors (Lipinski definition) is 0. The number of benzene rings is 2. The fourth-order valence-electron chi connectivity index (χ4n) is 2.49. The standard InChI is InChI=1S/C16H10ClNSe/c17-11-7-5-10(6-8-11)16-15-12-3-1-2-4-13(12)18-14(15)9-19-16/h1-9,18H. The summed E-state index contributed by atoms with van der Waals surface area (Å²) >= 11 is 6.36. The van der Waals surface area contributed by atoms with E-state index in [0.29, 0.717) is 14.5 Å². The van der Waals surface area contributed by atoms with Crippen molar-refractivity contribution in [2.45, 2.75) is 0 Å². The van der Waals surface area contributed by atoms with Gasteiger partial charge >= 0.3 is 121 Å². The topological polar surface area (TPSA) is 15.8 Å². The molecule has 0 bridgehead atoms. The van der Waals surface area contributed by atoms with Gasteiger partial charge in [0.05, 0.1) is 0 Å². The molecule has 4 rings (SSSR count). The van der Waals surface area contributed by atoms with Crippen LogP contribution in [0.3, 0.4) is 0 Å². The number of H-pyrrole nitrogens is 1. The summed E-state index contributed by atoms with van der Waals surface area (Å²) in [5.41, 5.74) is 3.76. The van der Waals surface area contributed by atoms with Crippen molar-refractivity contribution in [1.82, 2.24) is 4.98 Å². The summed E-state index contributed by atoms with van der Waals surface area (Å²) < 4.78 is 1.44. The molecular formula is C16H10ClNSe. The zero-order chi connectivity index (χ0) is 12.8. The maximum atomic E-state index is 5.97. The molecule has 0 aliphatic heterocycles. The minimum atomic E-state index is 0.388. The fraction of sp³-hybridized carbons (Fsp3) is 0. The summed E-state index contributed by atoms with van der Waals surface area (Å²) in [7, 11) is 0. The van der Waals surface area contributed by atoms with Crippen molar-refractivity contribution < 1.29 is 0 Å². The number of para-hydroxylation sites is 1. The van der Waals surface area contributed by atoms with Crippen molar-refractivity contribution in [3.05, 3.63) is 58.5 Å². The van der Waals surface area contributed by atoms with E-state index in [1.807, 2.05) is 12.1 Å². The Kier molecular flexibility index (Phi) is 2.56. The molecule has 0 spiro atoms. The van der Waals surface area contributed by atoms with Crippen molar-refractivity contribution in [1.29, 1.82) is 0 Å². The number of hydrogen-bond donors (Lipinski definition) is 1. The Labute approximate surface area is 121 Å². The van der Waals surface area contributed by atoms with Crippen molar-refractivity contribution in [2.24, 2.45) is 0 Å². The minimum absolute atomic E-state index is 0.388. The second-order valence-corrected chi connectivity index (χ2v) is 6.81. The third-order valence-corrected chi connectivity index (χ3v) is 5.77. The summed E-state index contributed by atoms with van der Waals surface area (Å²) in [6, 6.07) is 16.7. The van der Waals surface area contributed by atoms with E-state index in [1.54, 1.807) is 0 Å². The number of aromatic nitrogens is 1. The molecule has 4 aromatic rings. The quantitative estimate of drug-likeness (QED) is 0.487. The van der Waals surface area contributed by atoms with Gasteiger partial charge in [-0.1, -0.05) is 0 Å². The molecule has 0 radical (unpaired) electrons. The van der Waals surface area contributed by atoms with Crippen LogP contribution in [0, 0.1) is 0 Å². The zero-order valence-electron chi connectivity index (χ0n) is 9.98. The summed E-state index contributed by atoms with van der Waals surface area (Å²) in [5.74, 6) is 0. The molecule has 2 aromatic carbocycles. The predicted molar refractivity (Wildman–Crippen MR) is 83.2 cm³/mol. The Bertz CT molecular complexity index is 871. The number of rotatable bonds is 1. The monoisotopic (exact) mass is 331 g/mol. The second kappa shape index (κ2) is 4.28. The Morgan fingerprint density at radius 3 is 2.53 bits per heavy atom. The number of halogens is 1. The van der Waals surface area contributed by atoms with Crippen LogP contribution in [0.1, 0.15) is 0 Å². The van der Waals surface area contributed by atoms with Gasteiger partial charge in [-0.2, -0.15) is 0 Å².